The van der Waals surface area contributed by atoms with Gasteiger partial charge in [0.05, 0.1) is 5.56 Å². The van der Waals surface area contributed by atoms with Crippen molar-refractivity contribution >= 4 is 11.9 Å². The average molecular weight is 274 g/mol. The largest absolute Gasteiger partial charge is 0.349 e. The summed E-state index contributed by atoms with van der Waals surface area (Å²) in [4.78, 5) is 23.0. The predicted molar refractivity (Wildman–Crippen MR) is 77.8 cm³/mol. The van der Waals surface area contributed by atoms with Crippen LogP contribution < -0.4 is 10.2 Å². The summed E-state index contributed by atoms with van der Waals surface area (Å²) in [6, 6.07) is 0.328. The highest BCUT2D eigenvalue weighted by Crippen LogP contribution is 2.18. The Morgan fingerprint density at radius 1 is 1.05 bits per heavy atom. The molecule has 108 valence electrons. The predicted octanol–water partition coefficient (Wildman–Crippen LogP) is 2.14. The molecule has 2 heterocycles. The van der Waals surface area contributed by atoms with E-state index in [0.29, 0.717) is 11.6 Å². The van der Waals surface area contributed by atoms with Crippen LogP contribution in [0.4, 0.5) is 5.95 Å². The molecule has 3 rings (SSSR count). The normalized spacial score (nSPS) is 20.1. The molecule has 5 nitrogen and oxygen atoms in total. The van der Waals surface area contributed by atoms with Crippen LogP contribution in [-0.2, 0) is 0 Å². The van der Waals surface area contributed by atoms with E-state index in [1.54, 1.807) is 12.4 Å². The molecule has 0 bridgehead atoms. The van der Waals surface area contributed by atoms with Crippen molar-refractivity contribution in [1.29, 1.82) is 0 Å². The maximum atomic E-state index is 12.1. The third-order valence-corrected chi connectivity index (χ3v) is 4.23. The Balaban J connectivity index is 1.59. The van der Waals surface area contributed by atoms with Crippen LogP contribution in [0, 0.1) is 0 Å². The first-order chi connectivity index (χ1) is 9.83. The van der Waals surface area contributed by atoms with Gasteiger partial charge < -0.3 is 10.2 Å². The lowest BCUT2D eigenvalue weighted by atomic mass is 9.95. The number of carbonyl (C=O) groups is 1. The lowest BCUT2D eigenvalue weighted by Gasteiger charge is -2.22. The van der Waals surface area contributed by atoms with E-state index in [2.05, 4.69) is 20.2 Å². The molecule has 0 spiro atoms. The van der Waals surface area contributed by atoms with Crippen molar-refractivity contribution in [3.05, 3.63) is 18.0 Å². The molecule has 2 aliphatic rings. The monoisotopic (exact) mass is 274 g/mol. The van der Waals surface area contributed by atoms with Crippen LogP contribution in [0.25, 0.3) is 0 Å². The second-order valence-electron chi connectivity index (χ2n) is 5.77. The summed E-state index contributed by atoms with van der Waals surface area (Å²) in [5.74, 6) is 0.710. The summed E-state index contributed by atoms with van der Waals surface area (Å²) in [5, 5.41) is 3.09. The van der Waals surface area contributed by atoms with Gasteiger partial charge in [-0.1, -0.05) is 19.3 Å². The minimum absolute atomic E-state index is 0.0372. The molecule has 1 N–H and O–H groups in total. The fourth-order valence-corrected chi connectivity index (χ4v) is 3.03. The zero-order chi connectivity index (χ0) is 13.8. The molecular weight excluding hydrogens is 252 g/mol. The van der Waals surface area contributed by atoms with Crippen LogP contribution >= 0.6 is 0 Å². The zero-order valence-corrected chi connectivity index (χ0v) is 11.8. The molecule has 5 heteroatoms. The van der Waals surface area contributed by atoms with E-state index in [1.165, 1.54) is 32.1 Å². The molecule has 0 radical (unpaired) electrons. The Morgan fingerprint density at radius 2 is 1.70 bits per heavy atom. The van der Waals surface area contributed by atoms with Crippen LogP contribution in [0.15, 0.2) is 12.4 Å². The molecule has 1 aromatic heterocycles. The average Bonchev–Trinajstić information content (AvgIpc) is 3.03. The molecular formula is C15H22N4O. The maximum Gasteiger partial charge on any atom is 0.254 e. The summed E-state index contributed by atoms with van der Waals surface area (Å²) in [6.45, 7) is 2.04. The maximum absolute atomic E-state index is 12.1. The summed E-state index contributed by atoms with van der Waals surface area (Å²) < 4.78 is 0. The third-order valence-electron chi connectivity index (χ3n) is 4.23. The molecule has 1 aliphatic heterocycles. The number of anilines is 1. The Hall–Kier alpha value is -1.65. The molecule has 1 aliphatic carbocycles. The molecule has 1 amide bonds. The fourth-order valence-electron chi connectivity index (χ4n) is 3.03. The summed E-state index contributed by atoms with van der Waals surface area (Å²) in [7, 11) is 0. The van der Waals surface area contributed by atoms with E-state index < -0.39 is 0 Å². The molecule has 2 fully saturated rings. The highest BCUT2D eigenvalue weighted by molar-refractivity contribution is 5.93. The van der Waals surface area contributed by atoms with Crippen molar-refractivity contribution in [3.8, 4) is 0 Å². The molecule has 0 aromatic carbocycles. The first-order valence-corrected chi connectivity index (χ1v) is 7.71. The van der Waals surface area contributed by atoms with Gasteiger partial charge in [-0.3, -0.25) is 4.79 Å². The number of nitrogens with one attached hydrogen (secondary N) is 1. The topological polar surface area (TPSA) is 58.1 Å². The summed E-state index contributed by atoms with van der Waals surface area (Å²) in [5.41, 5.74) is 0.568. The lowest BCUT2D eigenvalue weighted by Crippen LogP contribution is -2.36. The van der Waals surface area contributed by atoms with Gasteiger partial charge in [0.1, 0.15) is 0 Å². The van der Waals surface area contributed by atoms with Gasteiger partial charge in [-0.25, -0.2) is 9.97 Å². The number of hydrogen-bond acceptors (Lipinski definition) is 4. The second kappa shape index (κ2) is 6.20. The van der Waals surface area contributed by atoms with Gasteiger partial charge in [0.25, 0.3) is 5.91 Å². The number of rotatable bonds is 3. The minimum atomic E-state index is -0.0372. The SMILES string of the molecule is O=C(NC1CCCCC1)c1cnc(N2CCCC2)nc1. The first kappa shape index (κ1) is 13.3. The van der Waals surface area contributed by atoms with Crippen molar-refractivity contribution in [3.63, 3.8) is 0 Å². The van der Waals surface area contributed by atoms with Crippen molar-refractivity contribution in [1.82, 2.24) is 15.3 Å². The Labute approximate surface area is 119 Å². The highest BCUT2D eigenvalue weighted by Gasteiger charge is 2.18. The van der Waals surface area contributed by atoms with Gasteiger partial charge in [-0.15, -0.1) is 0 Å². The summed E-state index contributed by atoms with van der Waals surface area (Å²) in [6.07, 6.45) is 11.6. The van der Waals surface area contributed by atoms with Crippen molar-refractivity contribution < 1.29 is 4.79 Å². The van der Waals surface area contributed by atoms with E-state index in [9.17, 15) is 4.79 Å². The van der Waals surface area contributed by atoms with E-state index in [-0.39, 0.29) is 5.91 Å². The zero-order valence-electron chi connectivity index (χ0n) is 11.8. The van der Waals surface area contributed by atoms with Gasteiger partial charge in [-0.05, 0) is 25.7 Å². The number of carbonyl (C=O) groups excluding carboxylic acids is 1. The fraction of sp³-hybridized carbons (Fsp3) is 0.667. The van der Waals surface area contributed by atoms with Crippen molar-refractivity contribution in [2.24, 2.45) is 0 Å². The number of amides is 1. The molecule has 1 saturated heterocycles. The van der Waals surface area contributed by atoms with Crippen molar-refractivity contribution in [2.75, 3.05) is 18.0 Å². The number of nitrogens with zero attached hydrogens (tertiary/aromatic N) is 3. The Bertz CT molecular complexity index is 447. The van der Waals surface area contributed by atoms with Gasteiger partial charge in [0.15, 0.2) is 0 Å². The van der Waals surface area contributed by atoms with Crippen LogP contribution in [0.5, 0.6) is 0 Å². The number of aromatic nitrogens is 2. The number of hydrogen-bond donors (Lipinski definition) is 1. The molecule has 1 saturated carbocycles. The molecule has 20 heavy (non-hydrogen) atoms. The lowest BCUT2D eigenvalue weighted by molar-refractivity contribution is 0.0927. The second-order valence-corrected chi connectivity index (χ2v) is 5.77. The summed E-state index contributed by atoms with van der Waals surface area (Å²) >= 11 is 0. The Kier molecular flexibility index (Phi) is 4.14. The van der Waals surface area contributed by atoms with Crippen LogP contribution in [0.3, 0.4) is 0 Å². The van der Waals surface area contributed by atoms with Crippen LogP contribution in [-0.4, -0.2) is 35.0 Å². The van der Waals surface area contributed by atoms with Crippen molar-refractivity contribution in [2.45, 2.75) is 51.0 Å². The molecule has 0 unspecified atom stereocenters. The minimum Gasteiger partial charge on any atom is -0.349 e. The van der Waals surface area contributed by atoms with Gasteiger partial charge in [-0.2, -0.15) is 0 Å². The van der Waals surface area contributed by atoms with E-state index >= 15 is 0 Å². The smallest absolute Gasteiger partial charge is 0.254 e. The molecule has 1 aromatic rings. The van der Waals surface area contributed by atoms with Crippen LogP contribution in [0.1, 0.15) is 55.3 Å². The standard InChI is InChI=1S/C15H22N4O/c20-14(18-13-6-2-1-3-7-13)12-10-16-15(17-11-12)19-8-4-5-9-19/h10-11,13H,1-9H2,(H,18,20). The van der Waals surface area contributed by atoms with Gasteiger partial charge in [0, 0.05) is 31.5 Å². The first-order valence-electron chi connectivity index (χ1n) is 7.71. The quantitative estimate of drug-likeness (QED) is 0.917. The van der Waals surface area contributed by atoms with E-state index in [4.69, 9.17) is 0 Å². The van der Waals surface area contributed by atoms with Crippen LogP contribution in [0.2, 0.25) is 0 Å². The van der Waals surface area contributed by atoms with E-state index in [1.807, 2.05) is 0 Å². The highest BCUT2D eigenvalue weighted by atomic mass is 16.1. The third kappa shape index (κ3) is 3.08. The Morgan fingerprint density at radius 3 is 2.35 bits per heavy atom. The van der Waals surface area contributed by atoms with E-state index in [0.717, 1.165) is 31.9 Å². The molecule has 0 atom stereocenters. The van der Waals surface area contributed by atoms with Gasteiger partial charge >= 0.3 is 0 Å². The van der Waals surface area contributed by atoms with Gasteiger partial charge in [0.2, 0.25) is 5.95 Å².